The maximum Gasteiger partial charge on any atom is 0.287 e. The molecule has 28 heavy (non-hydrogen) atoms. The van der Waals surface area contributed by atoms with Gasteiger partial charge < -0.3 is 9.73 Å². The lowest BCUT2D eigenvalue weighted by Gasteiger charge is -2.30. The highest BCUT2D eigenvalue weighted by atomic mass is 35.5. The fourth-order valence-electron chi connectivity index (χ4n) is 3.52. The van der Waals surface area contributed by atoms with E-state index in [1.54, 1.807) is 6.92 Å². The van der Waals surface area contributed by atoms with Crippen LogP contribution in [0.2, 0.25) is 5.02 Å². The summed E-state index contributed by atoms with van der Waals surface area (Å²) in [5.41, 5.74) is 2.09. The lowest BCUT2D eigenvalue weighted by Crippen LogP contribution is -2.38. The van der Waals surface area contributed by atoms with Crippen molar-refractivity contribution in [2.24, 2.45) is 0 Å². The van der Waals surface area contributed by atoms with Crippen LogP contribution in [0.3, 0.4) is 0 Å². The molecule has 1 N–H and O–H groups in total. The topological polar surface area (TPSA) is 45.5 Å². The second-order valence-corrected chi connectivity index (χ2v) is 7.07. The first-order chi connectivity index (χ1) is 13.5. The van der Waals surface area contributed by atoms with Crippen molar-refractivity contribution >= 4 is 28.5 Å². The molecule has 0 fully saturated rings. The SMILES string of the molecule is CCN(CC)C(CNC(=O)c1oc2ccc(F)cc2c1C)c1ccccc1Cl. The Morgan fingerprint density at radius 3 is 2.61 bits per heavy atom. The van der Waals surface area contributed by atoms with Gasteiger partial charge in [0.05, 0.1) is 6.04 Å². The second kappa shape index (κ2) is 8.76. The minimum Gasteiger partial charge on any atom is -0.451 e. The normalized spacial score (nSPS) is 12.5. The van der Waals surface area contributed by atoms with E-state index in [4.69, 9.17) is 16.0 Å². The molecular weight excluding hydrogens is 379 g/mol. The number of carbonyl (C=O) groups excluding carboxylic acids is 1. The maximum atomic E-state index is 13.5. The van der Waals surface area contributed by atoms with Crippen molar-refractivity contribution in [2.75, 3.05) is 19.6 Å². The number of carbonyl (C=O) groups is 1. The Balaban J connectivity index is 1.84. The molecule has 0 aliphatic heterocycles. The quantitative estimate of drug-likeness (QED) is 0.579. The molecular formula is C22H24ClFN2O2. The Morgan fingerprint density at radius 1 is 1.21 bits per heavy atom. The molecule has 0 spiro atoms. The number of benzene rings is 2. The van der Waals surface area contributed by atoms with Crippen LogP contribution in [0.4, 0.5) is 4.39 Å². The number of likely N-dealkylation sites (N-methyl/N-ethyl adjacent to an activating group) is 1. The fraction of sp³-hybridized carbons (Fsp3) is 0.318. The molecule has 3 aromatic rings. The summed E-state index contributed by atoms with van der Waals surface area (Å²) in [4.78, 5) is 15.0. The molecule has 0 aliphatic rings. The summed E-state index contributed by atoms with van der Waals surface area (Å²) < 4.78 is 19.2. The zero-order chi connectivity index (χ0) is 20.3. The van der Waals surface area contributed by atoms with E-state index >= 15 is 0 Å². The fourth-order valence-corrected chi connectivity index (χ4v) is 3.79. The summed E-state index contributed by atoms with van der Waals surface area (Å²) in [5, 5.41) is 4.24. The van der Waals surface area contributed by atoms with E-state index in [0.717, 1.165) is 18.7 Å². The summed E-state index contributed by atoms with van der Waals surface area (Å²) in [6.07, 6.45) is 0. The number of hydrogen-bond donors (Lipinski definition) is 1. The molecule has 1 amide bonds. The van der Waals surface area contributed by atoms with Crippen LogP contribution in [-0.2, 0) is 0 Å². The largest absolute Gasteiger partial charge is 0.451 e. The van der Waals surface area contributed by atoms with E-state index in [1.807, 2.05) is 24.3 Å². The molecule has 6 heteroatoms. The second-order valence-electron chi connectivity index (χ2n) is 6.67. The van der Waals surface area contributed by atoms with Gasteiger partial charge in [-0.2, -0.15) is 0 Å². The average molecular weight is 403 g/mol. The van der Waals surface area contributed by atoms with Crippen molar-refractivity contribution in [3.8, 4) is 0 Å². The number of halogens is 2. The number of rotatable bonds is 7. The number of nitrogens with zero attached hydrogens (tertiary/aromatic N) is 1. The van der Waals surface area contributed by atoms with Gasteiger partial charge >= 0.3 is 0 Å². The number of amides is 1. The molecule has 4 nitrogen and oxygen atoms in total. The lowest BCUT2D eigenvalue weighted by atomic mass is 10.0. The Hall–Kier alpha value is -2.37. The molecule has 0 radical (unpaired) electrons. The number of nitrogens with one attached hydrogen (secondary N) is 1. The minimum atomic E-state index is -0.358. The van der Waals surface area contributed by atoms with E-state index in [1.165, 1.54) is 18.2 Å². The third kappa shape index (κ3) is 4.05. The molecule has 0 saturated carbocycles. The molecule has 148 valence electrons. The summed E-state index contributed by atoms with van der Waals surface area (Å²) in [5.74, 6) is -0.472. The van der Waals surface area contributed by atoms with Crippen molar-refractivity contribution in [1.29, 1.82) is 0 Å². The van der Waals surface area contributed by atoms with E-state index in [2.05, 4.69) is 24.1 Å². The van der Waals surface area contributed by atoms with Gasteiger partial charge in [-0.15, -0.1) is 0 Å². The van der Waals surface area contributed by atoms with Gasteiger partial charge in [0.25, 0.3) is 5.91 Å². The Bertz CT molecular complexity index is 982. The van der Waals surface area contributed by atoms with Crippen molar-refractivity contribution < 1.29 is 13.6 Å². The van der Waals surface area contributed by atoms with Gasteiger partial charge in [0, 0.05) is 22.5 Å². The molecule has 1 heterocycles. The van der Waals surface area contributed by atoms with Gasteiger partial charge in [-0.1, -0.05) is 43.6 Å². The van der Waals surface area contributed by atoms with Crippen molar-refractivity contribution in [2.45, 2.75) is 26.8 Å². The van der Waals surface area contributed by atoms with Crippen molar-refractivity contribution in [1.82, 2.24) is 10.2 Å². The zero-order valence-corrected chi connectivity index (χ0v) is 17.0. The standard InChI is InChI=1S/C22H24ClFN2O2/c1-4-26(5-2)19(16-8-6-7-9-18(16)23)13-25-22(27)21-14(3)17-12-15(24)10-11-20(17)28-21/h6-12,19H,4-5,13H2,1-3H3,(H,25,27). The van der Waals surface area contributed by atoms with Gasteiger partial charge in [-0.3, -0.25) is 9.69 Å². The predicted octanol–water partition coefficient (Wildman–Crippen LogP) is 5.35. The highest BCUT2D eigenvalue weighted by Gasteiger charge is 2.23. The monoisotopic (exact) mass is 402 g/mol. The molecule has 1 unspecified atom stereocenters. The number of fused-ring (bicyclic) bond motifs is 1. The molecule has 2 aromatic carbocycles. The summed E-state index contributed by atoms with van der Waals surface area (Å²) in [6.45, 7) is 7.95. The van der Waals surface area contributed by atoms with E-state index in [0.29, 0.717) is 28.1 Å². The van der Waals surface area contributed by atoms with Gasteiger partial charge in [0.15, 0.2) is 5.76 Å². The van der Waals surface area contributed by atoms with Crippen LogP contribution in [0, 0.1) is 12.7 Å². The average Bonchev–Trinajstić information content (AvgIpc) is 3.02. The van der Waals surface area contributed by atoms with E-state index < -0.39 is 0 Å². The third-order valence-electron chi connectivity index (χ3n) is 5.08. The Kier molecular flexibility index (Phi) is 6.37. The van der Waals surface area contributed by atoms with Crippen molar-refractivity contribution in [3.63, 3.8) is 0 Å². The van der Waals surface area contributed by atoms with Gasteiger partial charge in [0.2, 0.25) is 0 Å². The van der Waals surface area contributed by atoms with Gasteiger partial charge in [0.1, 0.15) is 11.4 Å². The molecule has 1 atom stereocenters. The molecule has 0 saturated heterocycles. The van der Waals surface area contributed by atoms with Gasteiger partial charge in [-0.05, 0) is 49.8 Å². The van der Waals surface area contributed by atoms with Crippen LogP contribution in [0.1, 0.15) is 41.6 Å². The zero-order valence-electron chi connectivity index (χ0n) is 16.3. The lowest BCUT2D eigenvalue weighted by molar-refractivity contribution is 0.0908. The van der Waals surface area contributed by atoms with Gasteiger partial charge in [-0.25, -0.2) is 4.39 Å². The number of furan rings is 1. The van der Waals surface area contributed by atoms with Crippen LogP contribution in [0.25, 0.3) is 11.0 Å². The van der Waals surface area contributed by atoms with Crippen molar-refractivity contribution in [3.05, 3.63) is 70.2 Å². The minimum absolute atomic E-state index is 0.0604. The van der Waals surface area contributed by atoms with E-state index in [-0.39, 0.29) is 23.5 Å². The molecule has 3 rings (SSSR count). The molecule has 0 bridgehead atoms. The van der Waals surface area contributed by atoms with E-state index in [9.17, 15) is 9.18 Å². The predicted molar refractivity (Wildman–Crippen MR) is 110 cm³/mol. The van der Waals surface area contributed by atoms with Crippen LogP contribution in [0.5, 0.6) is 0 Å². The highest BCUT2D eigenvalue weighted by Crippen LogP contribution is 2.28. The van der Waals surface area contributed by atoms with Crippen LogP contribution < -0.4 is 5.32 Å². The van der Waals surface area contributed by atoms with Crippen LogP contribution >= 0.6 is 11.6 Å². The first kappa shape index (κ1) is 20.4. The molecule has 0 aliphatic carbocycles. The number of aryl methyl sites for hydroxylation is 1. The third-order valence-corrected chi connectivity index (χ3v) is 5.42. The summed E-state index contributed by atoms with van der Waals surface area (Å²) >= 11 is 6.41. The molecule has 1 aromatic heterocycles. The maximum absolute atomic E-state index is 13.5. The first-order valence-corrected chi connectivity index (χ1v) is 9.79. The summed E-state index contributed by atoms with van der Waals surface area (Å²) in [7, 11) is 0. The Labute approximate surface area is 169 Å². The smallest absolute Gasteiger partial charge is 0.287 e. The van der Waals surface area contributed by atoms with Crippen LogP contribution in [-0.4, -0.2) is 30.4 Å². The number of hydrogen-bond acceptors (Lipinski definition) is 3. The Morgan fingerprint density at radius 2 is 1.93 bits per heavy atom. The first-order valence-electron chi connectivity index (χ1n) is 9.41. The highest BCUT2D eigenvalue weighted by molar-refractivity contribution is 6.31. The summed E-state index contributed by atoms with van der Waals surface area (Å²) in [6, 6.07) is 11.8. The van der Waals surface area contributed by atoms with Crippen LogP contribution in [0.15, 0.2) is 46.9 Å².